The molecular weight excluding hydrogens is 338 g/mol. The molecule has 0 bridgehead atoms. The van der Waals surface area contributed by atoms with E-state index in [4.69, 9.17) is 9.47 Å². The molecule has 2 rings (SSSR count). The highest BCUT2D eigenvalue weighted by Gasteiger charge is 2.16. The van der Waals surface area contributed by atoms with Gasteiger partial charge in [0.05, 0.1) is 29.8 Å². The molecule has 2 aromatic carbocycles. The Bertz CT molecular complexity index is 777. The van der Waals surface area contributed by atoms with E-state index in [9.17, 15) is 14.9 Å². The van der Waals surface area contributed by atoms with Gasteiger partial charge in [0.25, 0.3) is 5.69 Å². The molecule has 26 heavy (non-hydrogen) atoms. The molecule has 0 aliphatic rings. The first kappa shape index (κ1) is 19.0. The van der Waals surface area contributed by atoms with Gasteiger partial charge in [-0.3, -0.25) is 10.1 Å². The van der Waals surface area contributed by atoms with Crippen molar-refractivity contribution in [1.29, 1.82) is 0 Å². The lowest BCUT2D eigenvalue weighted by molar-refractivity contribution is -0.385. The van der Waals surface area contributed by atoms with Crippen LogP contribution in [0.2, 0.25) is 0 Å². The number of carbonyl (C=O) groups excluding carboxylic acids is 1. The van der Waals surface area contributed by atoms with Gasteiger partial charge in [0.1, 0.15) is 18.1 Å². The van der Waals surface area contributed by atoms with Gasteiger partial charge in [-0.15, -0.1) is 0 Å². The largest absolute Gasteiger partial charge is 0.497 e. The zero-order chi connectivity index (χ0) is 19.1. The van der Waals surface area contributed by atoms with Crippen LogP contribution in [0.25, 0.3) is 0 Å². The normalized spacial score (nSPS) is 10.1. The van der Waals surface area contributed by atoms with Crippen molar-refractivity contribution >= 4 is 17.4 Å². The lowest BCUT2D eigenvalue weighted by atomic mass is 10.1. The monoisotopic (exact) mass is 359 g/mol. The third-order valence-electron chi connectivity index (χ3n) is 3.85. The number of nitrogens with zero attached hydrogens (tertiary/aromatic N) is 2. The Morgan fingerprint density at radius 2 is 1.85 bits per heavy atom. The van der Waals surface area contributed by atoms with E-state index in [2.05, 4.69) is 5.32 Å². The summed E-state index contributed by atoms with van der Waals surface area (Å²) in [6.45, 7) is 2.26. The van der Waals surface area contributed by atoms with E-state index < -0.39 is 4.92 Å². The Balaban J connectivity index is 1.87. The summed E-state index contributed by atoms with van der Waals surface area (Å²) in [6, 6.07) is 11.3. The molecule has 0 aromatic heterocycles. The van der Waals surface area contributed by atoms with E-state index in [1.54, 1.807) is 51.4 Å². The number of hydrogen-bond acceptors (Lipinski definition) is 5. The van der Waals surface area contributed by atoms with Gasteiger partial charge in [0.2, 0.25) is 0 Å². The van der Waals surface area contributed by atoms with Crippen LogP contribution < -0.4 is 14.8 Å². The smallest absolute Gasteiger partial charge is 0.321 e. The van der Waals surface area contributed by atoms with E-state index in [1.807, 2.05) is 0 Å². The fraction of sp³-hybridized carbons (Fsp3) is 0.278. The standard InChI is InChI=1S/C18H21N3O5/c1-13-16(5-4-6-17(13)21(23)24)19-18(22)20(2)11-12-26-15-9-7-14(25-3)8-10-15/h4-10H,11-12H2,1-3H3,(H,19,22). The van der Waals surface area contributed by atoms with Gasteiger partial charge in [0, 0.05) is 13.1 Å². The number of nitro benzene ring substituents is 1. The van der Waals surface area contributed by atoms with Gasteiger partial charge < -0.3 is 19.7 Å². The molecule has 8 nitrogen and oxygen atoms in total. The molecule has 0 radical (unpaired) electrons. The molecule has 0 aliphatic heterocycles. The van der Waals surface area contributed by atoms with Crippen molar-refractivity contribution in [2.24, 2.45) is 0 Å². The first-order valence-corrected chi connectivity index (χ1v) is 7.95. The molecule has 0 atom stereocenters. The lowest BCUT2D eigenvalue weighted by Gasteiger charge is -2.19. The van der Waals surface area contributed by atoms with Gasteiger partial charge >= 0.3 is 6.03 Å². The topological polar surface area (TPSA) is 93.9 Å². The quantitative estimate of drug-likeness (QED) is 0.603. The fourth-order valence-corrected chi connectivity index (χ4v) is 2.24. The summed E-state index contributed by atoms with van der Waals surface area (Å²) >= 11 is 0. The maximum absolute atomic E-state index is 12.2. The minimum absolute atomic E-state index is 0.0340. The minimum Gasteiger partial charge on any atom is -0.497 e. The maximum Gasteiger partial charge on any atom is 0.321 e. The van der Waals surface area contributed by atoms with Crippen molar-refractivity contribution < 1.29 is 19.2 Å². The Labute approximate surface area is 151 Å². The third kappa shape index (κ3) is 4.85. The van der Waals surface area contributed by atoms with Crippen molar-refractivity contribution in [3.63, 3.8) is 0 Å². The summed E-state index contributed by atoms with van der Waals surface area (Å²) in [5.74, 6) is 1.41. The molecule has 0 heterocycles. The highest BCUT2D eigenvalue weighted by Crippen LogP contribution is 2.25. The maximum atomic E-state index is 12.2. The molecule has 0 unspecified atom stereocenters. The molecule has 1 N–H and O–H groups in total. The number of rotatable bonds is 7. The Kier molecular flexibility index (Phi) is 6.37. The highest BCUT2D eigenvalue weighted by atomic mass is 16.6. The third-order valence-corrected chi connectivity index (χ3v) is 3.85. The molecule has 2 aromatic rings. The van der Waals surface area contributed by atoms with E-state index in [1.165, 1.54) is 17.0 Å². The second-order valence-corrected chi connectivity index (χ2v) is 5.58. The highest BCUT2D eigenvalue weighted by molar-refractivity contribution is 5.90. The van der Waals surface area contributed by atoms with Crippen molar-refractivity contribution in [2.45, 2.75) is 6.92 Å². The van der Waals surface area contributed by atoms with Crippen LogP contribution in [0.3, 0.4) is 0 Å². The second kappa shape index (κ2) is 8.70. The number of nitrogens with one attached hydrogen (secondary N) is 1. The number of likely N-dealkylation sites (N-methyl/N-ethyl adjacent to an activating group) is 1. The molecule has 0 fully saturated rings. The molecular formula is C18H21N3O5. The number of ether oxygens (including phenoxy) is 2. The number of urea groups is 1. The number of anilines is 1. The first-order chi connectivity index (χ1) is 12.4. The van der Waals surface area contributed by atoms with Crippen LogP contribution in [0.5, 0.6) is 11.5 Å². The summed E-state index contributed by atoms with van der Waals surface area (Å²) in [7, 11) is 3.21. The van der Waals surface area contributed by atoms with E-state index in [0.717, 1.165) is 5.75 Å². The number of methoxy groups -OCH3 is 1. The molecule has 0 saturated carbocycles. The second-order valence-electron chi connectivity index (χ2n) is 5.58. The zero-order valence-corrected chi connectivity index (χ0v) is 14.9. The SMILES string of the molecule is COc1ccc(OCCN(C)C(=O)Nc2cccc([N+](=O)[O-])c2C)cc1. The molecule has 2 amide bonds. The number of nitro groups is 1. The zero-order valence-electron chi connectivity index (χ0n) is 14.9. The van der Waals surface area contributed by atoms with Gasteiger partial charge in [0.15, 0.2) is 0 Å². The molecule has 0 saturated heterocycles. The number of benzene rings is 2. The minimum atomic E-state index is -0.475. The van der Waals surface area contributed by atoms with E-state index in [0.29, 0.717) is 30.2 Å². The van der Waals surface area contributed by atoms with Crippen molar-refractivity contribution in [1.82, 2.24) is 4.90 Å². The Morgan fingerprint density at radius 3 is 2.46 bits per heavy atom. The van der Waals surface area contributed by atoms with Gasteiger partial charge in [-0.1, -0.05) is 6.07 Å². The fourth-order valence-electron chi connectivity index (χ4n) is 2.24. The van der Waals surface area contributed by atoms with Gasteiger partial charge in [-0.05, 0) is 37.3 Å². The average Bonchev–Trinajstić information content (AvgIpc) is 2.63. The summed E-state index contributed by atoms with van der Waals surface area (Å²) in [5, 5.41) is 13.6. The Morgan fingerprint density at radius 1 is 1.19 bits per heavy atom. The summed E-state index contributed by atoms with van der Waals surface area (Å²) in [4.78, 5) is 24.2. The van der Waals surface area contributed by atoms with Crippen LogP contribution in [0.1, 0.15) is 5.56 Å². The molecule has 0 spiro atoms. The summed E-state index contributed by atoms with van der Waals surface area (Å²) < 4.78 is 10.7. The first-order valence-electron chi connectivity index (χ1n) is 7.95. The van der Waals surface area contributed by atoms with Crippen LogP contribution in [0, 0.1) is 17.0 Å². The van der Waals surface area contributed by atoms with Gasteiger partial charge in [-0.25, -0.2) is 4.79 Å². The van der Waals surface area contributed by atoms with Crippen molar-refractivity contribution in [3.8, 4) is 11.5 Å². The predicted molar refractivity (Wildman–Crippen MR) is 98.0 cm³/mol. The van der Waals surface area contributed by atoms with E-state index >= 15 is 0 Å². The number of hydrogen-bond donors (Lipinski definition) is 1. The summed E-state index contributed by atoms with van der Waals surface area (Å²) in [6.07, 6.45) is 0. The van der Waals surface area contributed by atoms with Crippen LogP contribution >= 0.6 is 0 Å². The van der Waals surface area contributed by atoms with Crippen LogP contribution in [0.15, 0.2) is 42.5 Å². The number of carbonyl (C=O) groups is 1. The van der Waals surface area contributed by atoms with E-state index in [-0.39, 0.29) is 11.7 Å². The molecule has 0 aliphatic carbocycles. The Hall–Kier alpha value is -3.29. The molecule has 8 heteroatoms. The van der Waals surface area contributed by atoms with Gasteiger partial charge in [-0.2, -0.15) is 0 Å². The molecule has 138 valence electrons. The average molecular weight is 359 g/mol. The van der Waals surface area contributed by atoms with Crippen LogP contribution in [-0.4, -0.2) is 43.2 Å². The summed E-state index contributed by atoms with van der Waals surface area (Å²) in [5.41, 5.74) is 0.786. The van der Waals surface area contributed by atoms with Crippen LogP contribution in [0.4, 0.5) is 16.2 Å². The van der Waals surface area contributed by atoms with Crippen molar-refractivity contribution in [2.75, 3.05) is 32.6 Å². The number of amides is 2. The van der Waals surface area contributed by atoms with Crippen LogP contribution in [-0.2, 0) is 0 Å². The predicted octanol–water partition coefficient (Wildman–Crippen LogP) is 3.45. The van der Waals surface area contributed by atoms with Crippen molar-refractivity contribution in [3.05, 3.63) is 58.1 Å². The lowest BCUT2D eigenvalue weighted by Crippen LogP contribution is -2.34.